The summed E-state index contributed by atoms with van der Waals surface area (Å²) < 4.78 is 5.65. The van der Waals surface area contributed by atoms with Crippen molar-refractivity contribution >= 4 is 17.5 Å². The number of rotatable bonds is 4. The maximum atomic E-state index is 12.2. The number of fused-ring (bicyclic) bond motifs is 2. The molecule has 108 valence electrons. The topological polar surface area (TPSA) is 38.3 Å². The Labute approximate surface area is 124 Å². The van der Waals surface area contributed by atoms with Gasteiger partial charge in [-0.05, 0) is 50.2 Å². The summed E-state index contributed by atoms with van der Waals surface area (Å²) in [6.45, 7) is 1.77. The minimum Gasteiger partial charge on any atom is -0.479 e. The molecule has 4 atom stereocenters. The Morgan fingerprint density at radius 2 is 2.15 bits per heavy atom. The van der Waals surface area contributed by atoms with Crippen LogP contribution in [0.5, 0.6) is 5.75 Å². The van der Waals surface area contributed by atoms with Gasteiger partial charge in [-0.2, -0.15) is 0 Å². The first-order chi connectivity index (χ1) is 9.63. The molecule has 0 saturated heterocycles. The van der Waals surface area contributed by atoms with Gasteiger partial charge in [-0.25, -0.2) is 0 Å². The number of hydrogen-bond acceptors (Lipinski definition) is 2. The Morgan fingerprint density at radius 1 is 1.35 bits per heavy atom. The van der Waals surface area contributed by atoms with Crippen molar-refractivity contribution in [3.8, 4) is 5.75 Å². The molecule has 1 amide bonds. The SMILES string of the molecule is C[C@@H](Oc1ccccc1Cl)C(=O)N[C@H]1C[C@@H]2CC[C@@H]1C2. The molecule has 1 aromatic carbocycles. The number of carbonyl (C=O) groups is 1. The van der Waals surface area contributed by atoms with Gasteiger partial charge < -0.3 is 10.1 Å². The van der Waals surface area contributed by atoms with Crippen LogP contribution in [0.25, 0.3) is 0 Å². The van der Waals surface area contributed by atoms with Crippen LogP contribution in [-0.4, -0.2) is 18.1 Å². The summed E-state index contributed by atoms with van der Waals surface area (Å²) >= 11 is 6.04. The van der Waals surface area contributed by atoms with E-state index in [-0.39, 0.29) is 5.91 Å². The lowest BCUT2D eigenvalue weighted by Gasteiger charge is -2.25. The number of amides is 1. The third kappa shape index (κ3) is 2.78. The molecule has 3 rings (SSSR count). The maximum absolute atomic E-state index is 12.2. The molecule has 2 bridgehead atoms. The average molecular weight is 294 g/mol. The Kier molecular flexibility index (Phi) is 3.88. The van der Waals surface area contributed by atoms with Crippen LogP contribution in [0, 0.1) is 11.8 Å². The second-order valence-electron chi connectivity index (χ2n) is 5.98. The molecule has 2 fully saturated rings. The molecular formula is C16H20ClNO2. The van der Waals surface area contributed by atoms with E-state index in [1.54, 1.807) is 19.1 Å². The van der Waals surface area contributed by atoms with Gasteiger partial charge >= 0.3 is 0 Å². The summed E-state index contributed by atoms with van der Waals surface area (Å²) in [6, 6.07) is 7.58. The fourth-order valence-electron chi connectivity index (χ4n) is 3.51. The van der Waals surface area contributed by atoms with Gasteiger partial charge in [0.2, 0.25) is 0 Å². The summed E-state index contributed by atoms with van der Waals surface area (Å²) in [5.41, 5.74) is 0. The first kappa shape index (κ1) is 13.7. The minimum absolute atomic E-state index is 0.0394. The summed E-state index contributed by atoms with van der Waals surface area (Å²) in [4.78, 5) is 12.2. The number of nitrogens with one attached hydrogen (secondary N) is 1. The van der Waals surface area contributed by atoms with Gasteiger partial charge in [-0.1, -0.05) is 30.2 Å². The normalized spacial score (nSPS) is 29.2. The third-order valence-corrected chi connectivity index (χ3v) is 4.89. The highest BCUT2D eigenvalue weighted by Crippen LogP contribution is 2.44. The molecule has 2 saturated carbocycles. The number of para-hydroxylation sites is 1. The van der Waals surface area contributed by atoms with Crippen LogP contribution >= 0.6 is 11.6 Å². The lowest BCUT2D eigenvalue weighted by Crippen LogP contribution is -2.44. The van der Waals surface area contributed by atoms with E-state index in [1.165, 1.54) is 19.3 Å². The highest BCUT2D eigenvalue weighted by atomic mass is 35.5. The van der Waals surface area contributed by atoms with E-state index in [4.69, 9.17) is 16.3 Å². The standard InChI is InChI=1S/C16H20ClNO2/c1-10(20-15-5-3-2-4-13(15)17)16(19)18-14-9-11-6-7-12(14)8-11/h2-5,10-12,14H,6-9H2,1H3,(H,18,19)/t10-,11-,12-,14+/m1/s1. The van der Waals surface area contributed by atoms with E-state index < -0.39 is 6.10 Å². The Balaban J connectivity index is 1.56. The average Bonchev–Trinajstić information content (AvgIpc) is 3.03. The van der Waals surface area contributed by atoms with E-state index in [2.05, 4.69) is 5.32 Å². The molecule has 2 aliphatic rings. The van der Waals surface area contributed by atoms with Crippen LogP contribution in [-0.2, 0) is 4.79 Å². The second kappa shape index (κ2) is 5.65. The predicted octanol–water partition coefficient (Wildman–Crippen LogP) is 3.41. The van der Waals surface area contributed by atoms with Crippen LogP contribution in [0.3, 0.4) is 0 Å². The van der Waals surface area contributed by atoms with Gasteiger partial charge in [0.05, 0.1) is 5.02 Å². The number of ether oxygens (including phenoxy) is 1. The van der Waals surface area contributed by atoms with Crippen molar-refractivity contribution < 1.29 is 9.53 Å². The van der Waals surface area contributed by atoms with Crippen molar-refractivity contribution in [1.82, 2.24) is 5.32 Å². The molecule has 0 unspecified atom stereocenters. The summed E-state index contributed by atoms with van der Waals surface area (Å²) in [5.74, 6) is 2.02. The zero-order valence-corrected chi connectivity index (χ0v) is 12.4. The van der Waals surface area contributed by atoms with Crippen LogP contribution in [0.15, 0.2) is 24.3 Å². The van der Waals surface area contributed by atoms with Gasteiger partial charge in [-0.15, -0.1) is 0 Å². The zero-order chi connectivity index (χ0) is 14.1. The molecule has 0 aliphatic heterocycles. The molecule has 0 heterocycles. The maximum Gasteiger partial charge on any atom is 0.261 e. The fraction of sp³-hybridized carbons (Fsp3) is 0.562. The lowest BCUT2D eigenvalue weighted by atomic mass is 9.95. The van der Waals surface area contributed by atoms with Crippen molar-refractivity contribution in [3.63, 3.8) is 0 Å². The van der Waals surface area contributed by atoms with Crippen molar-refractivity contribution in [2.75, 3.05) is 0 Å². The molecule has 2 aliphatic carbocycles. The van der Waals surface area contributed by atoms with Crippen molar-refractivity contribution in [1.29, 1.82) is 0 Å². The fourth-order valence-corrected chi connectivity index (χ4v) is 3.69. The van der Waals surface area contributed by atoms with E-state index in [0.29, 0.717) is 22.7 Å². The zero-order valence-electron chi connectivity index (χ0n) is 11.6. The van der Waals surface area contributed by atoms with E-state index in [9.17, 15) is 4.79 Å². The van der Waals surface area contributed by atoms with Crippen LogP contribution in [0.4, 0.5) is 0 Å². The number of benzene rings is 1. The Morgan fingerprint density at radius 3 is 2.80 bits per heavy atom. The van der Waals surface area contributed by atoms with Gasteiger partial charge in [0, 0.05) is 6.04 Å². The van der Waals surface area contributed by atoms with E-state index in [1.807, 2.05) is 12.1 Å². The van der Waals surface area contributed by atoms with E-state index >= 15 is 0 Å². The molecule has 1 N–H and O–H groups in total. The minimum atomic E-state index is -0.519. The Bertz CT molecular complexity index is 505. The first-order valence-electron chi connectivity index (χ1n) is 7.35. The molecule has 0 aromatic heterocycles. The van der Waals surface area contributed by atoms with Gasteiger partial charge in [0.1, 0.15) is 5.75 Å². The Hall–Kier alpha value is -1.22. The smallest absolute Gasteiger partial charge is 0.261 e. The van der Waals surface area contributed by atoms with Crippen LogP contribution in [0.1, 0.15) is 32.6 Å². The van der Waals surface area contributed by atoms with Crippen molar-refractivity contribution in [3.05, 3.63) is 29.3 Å². The predicted molar refractivity (Wildman–Crippen MR) is 78.9 cm³/mol. The number of halogens is 1. The molecule has 0 spiro atoms. The molecule has 1 aromatic rings. The molecule has 20 heavy (non-hydrogen) atoms. The van der Waals surface area contributed by atoms with Gasteiger partial charge in [0.25, 0.3) is 5.91 Å². The molecular weight excluding hydrogens is 274 g/mol. The third-order valence-electron chi connectivity index (χ3n) is 4.58. The largest absolute Gasteiger partial charge is 0.479 e. The first-order valence-corrected chi connectivity index (χ1v) is 7.73. The summed E-state index contributed by atoms with van der Waals surface area (Å²) in [6.07, 6.45) is 4.49. The van der Waals surface area contributed by atoms with Crippen molar-refractivity contribution in [2.45, 2.75) is 44.8 Å². The second-order valence-corrected chi connectivity index (χ2v) is 6.39. The number of carbonyl (C=O) groups excluding carboxylic acids is 1. The van der Waals surface area contributed by atoms with Crippen LogP contribution < -0.4 is 10.1 Å². The van der Waals surface area contributed by atoms with E-state index in [0.717, 1.165) is 12.3 Å². The van der Waals surface area contributed by atoms with Gasteiger partial charge in [-0.3, -0.25) is 4.79 Å². The summed E-state index contributed by atoms with van der Waals surface area (Å²) in [7, 11) is 0. The highest BCUT2D eigenvalue weighted by molar-refractivity contribution is 6.32. The highest BCUT2D eigenvalue weighted by Gasteiger charge is 2.40. The monoisotopic (exact) mass is 293 g/mol. The van der Waals surface area contributed by atoms with Gasteiger partial charge in [0.15, 0.2) is 6.10 Å². The molecule has 3 nitrogen and oxygen atoms in total. The number of hydrogen-bond donors (Lipinski definition) is 1. The summed E-state index contributed by atoms with van der Waals surface area (Å²) in [5, 5.41) is 3.68. The van der Waals surface area contributed by atoms with Crippen molar-refractivity contribution in [2.24, 2.45) is 11.8 Å². The molecule has 0 radical (unpaired) electrons. The van der Waals surface area contributed by atoms with Crippen LogP contribution in [0.2, 0.25) is 5.02 Å². The quantitative estimate of drug-likeness (QED) is 0.924. The lowest BCUT2D eigenvalue weighted by molar-refractivity contribution is -0.128. The molecule has 4 heteroatoms.